The van der Waals surface area contributed by atoms with E-state index in [4.69, 9.17) is 0 Å². The summed E-state index contributed by atoms with van der Waals surface area (Å²) in [5.41, 5.74) is 0. The van der Waals surface area contributed by atoms with Crippen LogP contribution in [0.3, 0.4) is 0 Å². The number of carbonyl (C=O) groups excluding carboxylic acids is 1. The van der Waals surface area contributed by atoms with Crippen molar-refractivity contribution < 1.29 is 15.0 Å². The molecule has 0 aromatic heterocycles. The van der Waals surface area contributed by atoms with Gasteiger partial charge in [-0.25, -0.2) is 0 Å². The van der Waals surface area contributed by atoms with E-state index in [2.05, 4.69) is 43.5 Å². The molecule has 55 heavy (non-hydrogen) atoms. The second kappa shape index (κ2) is 47.2. The van der Waals surface area contributed by atoms with Crippen molar-refractivity contribution in [3.63, 3.8) is 0 Å². The first-order valence-corrected chi connectivity index (χ1v) is 25.0. The largest absolute Gasteiger partial charge is 0.394 e. The molecule has 4 nitrogen and oxygen atoms in total. The third-order valence-corrected chi connectivity index (χ3v) is 11.7. The van der Waals surface area contributed by atoms with E-state index in [1.165, 1.54) is 218 Å². The Kier molecular flexibility index (Phi) is 46.3. The Bertz CT molecular complexity index is 795. The lowest BCUT2D eigenvalue weighted by molar-refractivity contribution is -0.123. The molecule has 0 aliphatic carbocycles. The maximum Gasteiger partial charge on any atom is 0.220 e. The van der Waals surface area contributed by atoms with Crippen molar-refractivity contribution in [1.29, 1.82) is 0 Å². The van der Waals surface area contributed by atoms with E-state index in [0.29, 0.717) is 12.8 Å². The lowest BCUT2D eigenvalue weighted by atomic mass is 10.0. The number of hydrogen-bond acceptors (Lipinski definition) is 3. The van der Waals surface area contributed by atoms with Gasteiger partial charge in [0.2, 0.25) is 5.91 Å². The highest BCUT2D eigenvalue weighted by Gasteiger charge is 2.20. The quantitative estimate of drug-likeness (QED) is 0.0426. The minimum absolute atomic E-state index is 0.0281. The monoisotopic (exact) mass is 774 g/mol. The van der Waals surface area contributed by atoms with Crippen LogP contribution in [0.4, 0.5) is 0 Å². The second-order valence-electron chi connectivity index (χ2n) is 17.2. The van der Waals surface area contributed by atoms with E-state index in [-0.39, 0.29) is 12.5 Å². The third kappa shape index (κ3) is 43.8. The Morgan fingerprint density at radius 2 is 0.745 bits per heavy atom. The van der Waals surface area contributed by atoms with Crippen LogP contribution in [0, 0.1) is 0 Å². The Labute approximate surface area is 345 Å². The van der Waals surface area contributed by atoms with E-state index in [1.54, 1.807) is 0 Å². The van der Waals surface area contributed by atoms with Crippen LogP contribution in [0.15, 0.2) is 24.3 Å². The lowest BCUT2D eigenvalue weighted by Crippen LogP contribution is -2.45. The molecule has 4 heteroatoms. The fourth-order valence-electron chi connectivity index (χ4n) is 7.86. The maximum absolute atomic E-state index is 12.4. The molecule has 0 aromatic carbocycles. The molecule has 2 atom stereocenters. The van der Waals surface area contributed by atoms with Gasteiger partial charge in [-0.15, -0.1) is 0 Å². The van der Waals surface area contributed by atoms with E-state index >= 15 is 0 Å². The summed E-state index contributed by atoms with van der Waals surface area (Å²) < 4.78 is 0. The first kappa shape index (κ1) is 53.9. The van der Waals surface area contributed by atoms with Gasteiger partial charge in [-0.2, -0.15) is 0 Å². The minimum atomic E-state index is -0.657. The Morgan fingerprint density at radius 1 is 0.436 bits per heavy atom. The highest BCUT2D eigenvalue weighted by Crippen LogP contribution is 2.17. The molecule has 0 radical (unpaired) electrons. The zero-order valence-electron chi connectivity index (χ0n) is 37.5. The normalized spacial score (nSPS) is 13.0. The highest BCUT2D eigenvalue weighted by atomic mass is 16.3. The summed E-state index contributed by atoms with van der Waals surface area (Å²) in [6, 6.07) is -0.534. The number of allylic oxidation sites excluding steroid dienone is 4. The Balaban J connectivity index is 3.45. The molecular weight excluding hydrogens is 675 g/mol. The molecule has 0 aliphatic heterocycles. The van der Waals surface area contributed by atoms with Crippen molar-refractivity contribution >= 4 is 5.91 Å². The Morgan fingerprint density at radius 3 is 1.09 bits per heavy atom. The molecule has 0 bridgehead atoms. The first-order valence-electron chi connectivity index (χ1n) is 25.0. The minimum Gasteiger partial charge on any atom is -0.394 e. The smallest absolute Gasteiger partial charge is 0.220 e. The van der Waals surface area contributed by atoms with Gasteiger partial charge < -0.3 is 15.5 Å². The number of carbonyl (C=O) groups is 1. The predicted molar refractivity (Wildman–Crippen MR) is 244 cm³/mol. The molecule has 0 heterocycles. The molecule has 326 valence electrons. The number of nitrogens with one attached hydrogen (secondary N) is 1. The molecule has 2 unspecified atom stereocenters. The molecule has 0 rings (SSSR count). The summed E-state index contributed by atoms with van der Waals surface area (Å²) in [4.78, 5) is 12.4. The van der Waals surface area contributed by atoms with Crippen molar-refractivity contribution in [3.8, 4) is 0 Å². The number of aliphatic hydroxyl groups excluding tert-OH is 2. The summed E-state index contributed by atoms with van der Waals surface area (Å²) in [5.74, 6) is -0.0281. The maximum atomic E-state index is 12.4. The summed E-state index contributed by atoms with van der Waals surface area (Å²) in [6.07, 6.45) is 61.3. The highest BCUT2D eigenvalue weighted by molar-refractivity contribution is 5.76. The van der Waals surface area contributed by atoms with E-state index in [1.807, 2.05) is 0 Å². The lowest BCUT2D eigenvalue weighted by Gasteiger charge is -2.22. The first-order chi connectivity index (χ1) is 27.2. The predicted octanol–water partition coefficient (Wildman–Crippen LogP) is 16.0. The van der Waals surface area contributed by atoms with Gasteiger partial charge >= 0.3 is 0 Å². The van der Waals surface area contributed by atoms with Gasteiger partial charge in [0, 0.05) is 6.42 Å². The van der Waals surface area contributed by atoms with Crippen molar-refractivity contribution in [3.05, 3.63) is 24.3 Å². The summed E-state index contributed by atoms with van der Waals surface area (Å²) >= 11 is 0. The van der Waals surface area contributed by atoms with E-state index in [9.17, 15) is 15.0 Å². The summed E-state index contributed by atoms with van der Waals surface area (Å²) in [7, 11) is 0. The number of amides is 1. The number of hydrogen-bond donors (Lipinski definition) is 3. The van der Waals surface area contributed by atoms with Crippen LogP contribution in [-0.2, 0) is 4.79 Å². The molecule has 0 fully saturated rings. The zero-order valence-corrected chi connectivity index (χ0v) is 37.5. The zero-order chi connectivity index (χ0) is 40.0. The summed E-state index contributed by atoms with van der Waals surface area (Å²) in [5, 5.41) is 23.2. The van der Waals surface area contributed by atoms with Gasteiger partial charge in [-0.1, -0.05) is 250 Å². The van der Waals surface area contributed by atoms with Crippen LogP contribution >= 0.6 is 0 Å². The molecule has 0 aromatic rings. The molecule has 0 saturated carbocycles. The van der Waals surface area contributed by atoms with Crippen LogP contribution < -0.4 is 5.32 Å². The van der Waals surface area contributed by atoms with Crippen LogP contribution in [0.5, 0.6) is 0 Å². The number of aliphatic hydroxyl groups is 2. The van der Waals surface area contributed by atoms with E-state index in [0.717, 1.165) is 32.1 Å². The van der Waals surface area contributed by atoms with Crippen LogP contribution in [0.1, 0.15) is 277 Å². The van der Waals surface area contributed by atoms with Crippen molar-refractivity contribution in [2.24, 2.45) is 0 Å². The molecule has 0 aliphatic rings. The van der Waals surface area contributed by atoms with E-state index < -0.39 is 12.1 Å². The number of unbranched alkanes of at least 4 members (excludes halogenated alkanes) is 35. The SMILES string of the molecule is CCCCCCC/C=C\C/C=C\CCCCCCCCCCCCCCCCCC(=O)NC(CO)C(O)CCCCCCCCCCCCCCCCCC. The van der Waals surface area contributed by atoms with Crippen LogP contribution in [0.25, 0.3) is 0 Å². The van der Waals surface area contributed by atoms with Crippen molar-refractivity contribution in [1.82, 2.24) is 5.32 Å². The second-order valence-corrected chi connectivity index (χ2v) is 17.2. The van der Waals surface area contributed by atoms with Gasteiger partial charge in [0.1, 0.15) is 0 Å². The fourth-order valence-corrected chi connectivity index (χ4v) is 7.86. The van der Waals surface area contributed by atoms with Gasteiger partial charge in [0.05, 0.1) is 18.8 Å². The molecule has 0 saturated heterocycles. The molecule has 0 spiro atoms. The topological polar surface area (TPSA) is 69.6 Å². The van der Waals surface area contributed by atoms with Gasteiger partial charge in [-0.3, -0.25) is 4.79 Å². The van der Waals surface area contributed by atoms with Crippen LogP contribution in [0.2, 0.25) is 0 Å². The third-order valence-electron chi connectivity index (χ3n) is 11.7. The Hall–Kier alpha value is -1.13. The van der Waals surface area contributed by atoms with Crippen LogP contribution in [-0.4, -0.2) is 34.9 Å². The fraction of sp³-hybridized carbons (Fsp3) is 0.902. The van der Waals surface area contributed by atoms with Gasteiger partial charge in [0.15, 0.2) is 0 Å². The number of rotatable bonds is 46. The average molecular weight is 774 g/mol. The van der Waals surface area contributed by atoms with Gasteiger partial charge in [-0.05, 0) is 44.9 Å². The van der Waals surface area contributed by atoms with Crippen molar-refractivity contribution in [2.45, 2.75) is 289 Å². The van der Waals surface area contributed by atoms with Gasteiger partial charge in [0.25, 0.3) is 0 Å². The average Bonchev–Trinajstić information content (AvgIpc) is 3.19. The summed E-state index contributed by atoms with van der Waals surface area (Å²) in [6.45, 7) is 4.37. The van der Waals surface area contributed by atoms with Crippen molar-refractivity contribution in [2.75, 3.05) is 6.61 Å². The molecular formula is C51H99NO3. The molecule has 3 N–H and O–H groups in total. The standard InChI is InChI=1S/C51H99NO3/c1-3-5-7-9-11-13-15-17-19-21-22-23-24-25-26-27-28-29-30-31-33-35-37-39-41-43-45-47-51(55)52-49(48-53)50(54)46-44-42-40-38-36-34-32-20-18-16-14-12-10-8-6-4-2/h15,17,21-22,49-50,53-54H,3-14,16,18-20,23-48H2,1-2H3,(H,52,55)/b17-15-,22-21-. The molecule has 1 amide bonds.